The molecule has 2 N–H and O–H groups in total. The molecule has 1 aromatic carbocycles. The fraction of sp³-hybridized carbons (Fsp3) is 0.231. The molecule has 1 aromatic heterocycles. The van der Waals surface area contributed by atoms with E-state index in [-0.39, 0.29) is 16.3 Å². The average molecular weight is 343 g/mol. The Kier molecular flexibility index (Phi) is 4.84. The zero-order valence-electron chi connectivity index (χ0n) is 12.1. The lowest BCUT2D eigenvalue weighted by Gasteiger charge is -2.08. The van der Waals surface area contributed by atoms with Crippen LogP contribution in [0.2, 0.25) is 0 Å². The molecule has 0 spiro atoms. The molecule has 0 bridgehead atoms. The van der Waals surface area contributed by atoms with Gasteiger partial charge >= 0.3 is 5.97 Å². The van der Waals surface area contributed by atoms with Crippen LogP contribution in [0.25, 0.3) is 0 Å². The SMILES string of the molecule is CCn1cc(NS(=O)(=O)c2ccc(OCC(=O)O)c(F)c2)cn1. The first-order valence-corrected chi connectivity index (χ1v) is 7.99. The van der Waals surface area contributed by atoms with Crippen molar-refractivity contribution in [2.75, 3.05) is 11.3 Å². The van der Waals surface area contributed by atoms with Crippen molar-refractivity contribution in [3.63, 3.8) is 0 Å². The Bertz CT molecular complexity index is 819. The lowest BCUT2D eigenvalue weighted by molar-refractivity contribution is -0.139. The van der Waals surface area contributed by atoms with Crippen molar-refractivity contribution in [3.8, 4) is 5.75 Å². The van der Waals surface area contributed by atoms with Crippen molar-refractivity contribution < 1.29 is 27.4 Å². The van der Waals surface area contributed by atoms with Crippen LogP contribution >= 0.6 is 0 Å². The first kappa shape index (κ1) is 16.7. The number of carboxylic acid groups (broad SMARTS) is 1. The lowest BCUT2D eigenvalue weighted by atomic mass is 10.3. The van der Waals surface area contributed by atoms with Crippen LogP contribution in [0.3, 0.4) is 0 Å². The van der Waals surface area contributed by atoms with Crippen LogP contribution in [-0.4, -0.2) is 35.9 Å². The van der Waals surface area contributed by atoms with Crippen LogP contribution in [0, 0.1) is 5.82 Å². The van der Waals surface area contributed by atoms with Crippen LogP contribution < -0.4 is 9.46 Å². The summed E-state index contributed by atoms with van der Waals surface area (Å²) in [5.74, 6) is -2.58. The van der Waals surface area contributed by atoms with Crippen LogP contribution in [-0.2, 0) is 21.4 Å². The number of carboxylic acids is 1. The number of carbonyl (C=O) groups is 1. The van der Waals surface area contributed by atoms with E-state index < -0.39 is 28.4 Å². The number of hydrogen-bond acceptors (Lipinski definition) is 5. The number of sulfonamides is 1. The summed E-state index contributed by atoms with van der Waals surface area (Å²) >= 11 is 0. The van der Waals surface area contributed by atoms with Crippen LogP contribution in [0.1, 0.15) is 6.92 Å². The molecule has 0 saturated heterocycles. The van der Waals surface area contributed by atoms with Gasteiger partial charge < -0.3 is 9.84 Å². The van der Waals surface area contributed by atoms with E-state index in [1.807, 2.05) is 6.92 Å². The molecule has 2 rings (SSSR count). The fourth-order valence-corrected chi connectivity index (χ4v) is 2.75. The van der Waals surface area contributed by atoms with Gasteiger partial charge in [0, 0.05) is 12.7 Å². The van der Waals surface area contributed by atoms with Gasteiger partial charge in [0.1, 0.15) is 0 Å². The van der Waals surface area contributed by atoms with Gasteiger partial charge in [-0.05, 0) is 25.1 Å². The molecule has 0 aliphatic rings. The maximum Gasteiger partial charge on any atom is 0.341 e. The Morgan fingerprint density at radius 1 is 1.48 bits per heavy atom. The van der Waals surface area contributed by atoms with Gasteiger partial charge in [-0.3, -0.25) is 9.40 Å². The van der Waals surface area contributed by atoms with E-state index in [0.29, 0.717) is 6.54 Å². The number of halogens is 1. The summed E-state index contributed by atoms with van der Waals surface area (Å²) in [6, 6.07) is 2.93. The molecule has 1 heterocycles. The molecule has 0 aliphatic carbocycles. The van der Waals surface area contributed by atoms with Gasteiger partial charge in [0.15, 0.2) is 18.2 Å². The molecule has 0 unspecified atom stereocenters. The van der Waals surface area contributed by atoms with E-state index in [2.05, 4.69) is 9.82 Å². The third-order valence-corrected chi connectivity index (χ3v) is 4.15. The predicted octanol–water partition coefficient (Wildman–Crippen LogP) is 1.31. The maximum absolute atomic E-state index is 13.8. The second-order valence-corrected chi connectivity index (χ2v) is 6.15. The highest BCUT2D eigenvalue weighted by Gasteiger charge is 2.18. The molecule has 0 saturated carbocycles. The van der Waals surface area contributed by atoms with Crippen molar-refractivity contribution in [2.24, 2.45) is 0 Å². The van der Waals surface area contributed by atoms with E-state index in [9.17, 15) is 17.6 Å². The largest absolute Gasteiger partial charge is 0.479 e. The molecule has 124 valence electrons. The minimum absolute atomic E-state index is 0.249. The van der Waals surface area contributed by atoms with Gasteiger partial charge in [-0.2, -0.15) is 5.10 Å². The van der Waals surface area contributed by atoms with Crippen molar-refractivity contribution in [1.82, 2.24) is 9.78 Å². The molecule has 23 heavy (non-hydrogen) atoms. The van der Waals surface area contributed by atoms with Gasteiger partial charge in [-0.25, -0.2) is 17.6 Å². The zero-order chi connectivity index (χ0) is 17.0. The maximum atomic E-state index is 13.8. The first-order chi connectivity index (χ1) is 10.8. The number of aliphatic carboxylic acids is 1. The second kappa shape index (κ2) is 6.65. The Labute approximate surface area is 131 Å². The van der Waals surface area contributed by atoms with Crippen molar-refractivity contribution in [1.29, 1.82) is 0 Å². The highest BCUT2D eigenvalue weighted by Crippen LogP contribution is 2.22. The number of aryl methyl sites for hydroxylation is 1. The van der Waals surface area contributed by atoms with Gasteiger partial charge in [-0.1, -0.05) is 0 Å². The molecule has 10 heteroatoms. The molecular weight excluding hydrogens is 329 g/mol. The number of benzene rings is 1. The molecule has 0 aliphatic heterocycles. The number of ether oxygens (including phenoxy) is 1. The van der Waals surface area contributed by atoms with Gasteiger partial charge in [0.05, 0.1) is 16.8 Å². The summed E-state index contributed by atoms with van der Waals surface area (Å²) in [6.45, 7) is 1.69. The van der Waals surface area contributed by atoms with Crippen LogP contribution in [0.4, 0.5) is 10.1 Å². The predicted molar refractivity (Wildman–Crippen MR) is 78.2 cm³/mol. The van der Waals surface area contributed by atoms with Gasteiger partial charge in [0.2, 0.25) is 0 Å². The van der Waals surface area contributed by atoms with Gasteiger partial charge in [-0.15, -0.1) is 0 Å². The standard InChI is InChI=1S/C13H14FN3O5S/c1-2-17-7-9(6-15-17)16-23(20,21)10-3-4-12(11(14)5-10)22-8-13(18)19/h3-7,16H,2,8H2,1H3,(H,18,19). The summed E-state index contributed by atoms with van der Waals surface area (Å²) in [4.78, 5) is 10.1. The molecule has 0 amide bonds. The van der Waals surface area contributed by atoms with Gasteiger partial charge in [0.25, 0.3) is 10.0 Å². The normalized spacial score (nSPS) is 11.2. The minimum Gasteiger partial charge on any atom is -0.479 e. The molecule has 2 aromatic rings. The monoisotopic (exact) mass is 343 g/mol. The van der Waals surface area contributed by atoms with Crippen LogP contribution in [0.5, 0.6) is 5.75 Å². The zero-order valence-corrected chi connectivity index (χ0v) is 12.9. The summed E-state index contributed by atoms with van der Waals surface area (Å²) < 4.78 is 46.7. The number of rotatable bonds is 7. The Morgan fingerprint density at radius 3 is 2.78 bits per heavy atom. The smallest absolute Gasteiger partial charge is 0.341 e. The average Bonchev–Trinajstić information content (AvgIpc) is 2.92. The number of hydrogen-bond donors (Lipinski definition) is 2. The molecule has 0 radical (unpaired) electrons. The Balaban J connectivity index is 2.19. The number of anilines is 1. The van der Waals surface area contributed by atoms with Crippen molar-refractivity contribution in [2.45, 2.75) is 18.4 Å². The van der Waals surface area contributed by atoms with Crippen molar-refractivity contribution >= 4 is 21.7 Å². The summed E-state index contributed by atoms with van der Waals surface area (Å²) in [5, 5.41) is 12.4. The second-order valence-electron chi connectivity index (χ2n) is 4.46. The number of aromatic nitrogens is 2. The molecule has 0 atom stereocenters. The topological polar surface area (TPSA) is 111 Å². The number of nitrogens with zero attached hydrogens (tertiary/aromatic N) is 2. The van der Waals surface area contributed by atoms with E-state index in [1.54, 1.807) is 0 Å². The van der Waals surface area contributed by atoms with E-state index in [4.69, 9.17) is 9.84 Å². The third kappa shape index (κ3) is 4.19. The third-order valence-electron chi connectivity index (χ3n) is 2.77. The highest BCUT2D eigenvalue weighted by atomic mass is 32.2. The molecular formula is C13H14FN3O5S. The summed E-state index contributed by atoms with van der Waals surface area (Å²) in [7, 11) is -3.99. The quantitative estimate of drug-likeness (QED) is 0.784. The highest BCUT2D eigenvalue weighted by molar-refractivity contribution is 7.92. The summed E-state index contributed by atoms with van der Waals surface area (Å²) in [5.41, 5.74) is 0.249. The van der Waals surface area contributed by atoms with E-state index in [0.717, 1.165) is 18.2 Å². The Morgan fingerprint density at radius 2 is 2.22 bits per heavy atom. The fourth-order valence-electron chi connectivity index (χ4n) is 1.71. The molecule has 0 fully saturated rings. The van der Waals surface area contributed by atoms with Crippen molar-refractivity contribution in [3.05, 3.63) is 36.4 Å². The Hall–Kier alpha value is -2.62. The van der Waals surface area contributed by atoms with Crippen LogP contribution in [0.15, 0.2) is 35.5 Å². The molecule has 8 nitrogen and oxygen atoms in total. The summed E-state index contributed by atoms with van der Waals surface area (Å²) in [6.07, 6.45) is 2.83. The van der Waals surface area contributed by atoms with E-state index >= 15 is 0 Å². The minimum atomic E-state index is -3.99. The van der Waals surface area contributed by atoms with E-state index in [1.165, 1.54) is 17.1 Å². The first-order valence-electron chi connectivity index (χ1n) is 6.51. The lowest BCUT2D eigenvalue weighted by Crippen LogP contribution is -2.14. The number of nitrogens with one attached hydrogen (secondary N) is 1.